The number of thiocarbonyl (C=S) groups is 1. The van der Waals surface area contributed by atoms with Gasteiger partial charge >= 0.3 is 5.97 Å². The summed E-state index contributed by atoms with van der Waals surface area (Å²) < 4.78 is 28.1. The largest absolute Gasteiger partial charge is 0.465 e. The van der Waals surface area contributed by atoms with E-state index in [0.29, 0.717) is 11.1 Å². The Hall–Kier alpha value is -1.47. The molecule has 0 bridgehead atoms. The van der Waals surface area contributed by atoms with Crippen LogP contribution in [-0.4, -0.2) is 31.7 Å². The maximum Gasteiger partial charge on any atom is 0.321 e. The van der Waals surface area contributed by atoms with Gasteiger partial charge in [-0.1, -0.05) is 36.5 Å². The second-order valence-electron chi connectivity index (χ2n) is 3.90. The van der Waals surface area contributed by atoms with Crippen molar-refractivity contribution in [2.45, 2.75) is 12.7 Å². The number of sulfone groups is 1. The first-order valence-electron chi connectivity index (χ1n) is 5.59. The topological polar surface area (TPSA) is 86.5 Å². The third-order valence-electron chi connectivity index (χ3n) is 2.27. The van der Waals surface area contributed by atoms with E-state index in [4.69, 9.17) is 18.0 Å². The van der Waals surface area contributed by atoms with Crippen LogP contribution in [0.1, 0.15) is 18.1 Å². The fourth-order valence-electron chi connectivity index (χ4n) is 1.45. The second kappa shape index (κ2) is 6.63. The van der Waals surface area contributed by atoms with Crippen LogP contribution in [0.4, 0.5) is 0 Å². The maximum atomic E-state index is 11.8. The number of hydrogen-bond donors (Lipinski definition) is 1. The van der Waals surface area contributed by atoms with Gasteiger partial charge in [-0.3, -0.25) is 4.79 Å². The SMILES string of the molecule is CCOC(=O)CS(=O)(=O)Cc1ccc(C(N)=S)cc1. The number of benzene rings is 1. The molecule has 0 heterocycles. The van der Waals surface area contributed by atoms with E-state index in [1.165, 1.54) is 0 Å². The van der Waals surface area contributed by atoms with Gasteiger partial charge in [-0.05, 0) is 12.5 Å². The highest BCUT2D eigenvalue weighted by atomic mass is 32.2. The van der Waals surface area contributed by atoms with Crippen molar-refractivity contribution in [3.8, 4) is 0 Å². The van der Waals surface area contributed by atoms with Crippen molar-refractivity contribution >= 4 is 33.0 Å². The lowest BCUT2D eigenvalue weighted by Gasteiger charge is -2.05. The molecule has 0 saturated carbocycles. The lowest BCUT2D eigenvalue weighted by Crippen LogP contribution is -2.20. The molecule has 7 heteroatoms. The van der Waals surface area contributed by atoms with Gasteiger partial charge in [0.2, 0.25) is 0 Å². The van der Waals surface area contributed by atoms with E-state index in [-0.39, 0.29) is 17.3 Å². The van der Waals surface area contributed by atoms with E-state index >= 15 is 0 Å². The molecule has 0 spiro atoms. The first kappa shape index (κ1) is 15.6. The molecule has 0 aliphatic rings. The zero-order valence-corrected chi connectivity index (χ0v) is 12.1. The van der Waals surface area contributed by atoms with Gasteiger partial charge in [0.15, 0.2) is 9.84 Å². The summed E-state index contributed by atoms with van der Waals surface area (Å²) in [5.74, 6) is -1.57. The summed E-state index contributed by atoms with van der Waals surface area (Å²) in [6.45, 7) is 1.79. The Balaban J connectivity index is 2.73. The van der Waals surface area contributed by atoms with E-state index in [1.54, 1.807) is 31.2 Å². The molecule has 0 aromatic heterocycles. The third-order valence-corrected chi connectivity index (χ3v) is 3.95. The Labute approximate surface area is 117 Å². The zero-order chi connectivity index (χ0) is 14.5. The van der Waals surface area contributed by atoms with E-state index in [1.807, 2.05) is 0 Å². The minimum atomic E-state index is -3.53. The zero-order valence-electron chi connectivity index (χ0n) is 10.5. The van der Waals surface area contributed by atoms with Gasteiger partial charge < -0.3 is 10.5 Å². The Morgan fingerprint density at radius 1 is 1.32 bits per heavy atom. The Kier molecular flexibility index (Phi) is 5.44. The van der Waals surface area contributed by atoms with Gasteiger partial charge in [0.25, 0.3) is 0 Å². The van der Waals surface area contributed by atoms with Crippen molar-refractivity contribution in [1.29, 1.82) is 0 Å². The molecule has 0 saturated heterocycles. The van der Waals surface area contributed by atoms with Crippen molar-refractivity contribution in [2.75, 3.05) is 12.4 Å². The molecular formula is C12H15NO4S2. The summed E-state index contributed by atoms with van der Waals surface area (Å²) in [6.07, 6.45) is 0. The second-order valence-corrected chi connectivity index (χ2v) is 6.40. The summed E-state index contributed by atoms with van der Waals surface area (Å²) in [5.41, 5.74) is 6.68. The molecule has 0 fully saturated rings. The van der Waals surface area contributed by atoms with Gasteiger partial charge in [-0.25, -0.2) is 8.42 Å². The maximum absolute atomic E-state index is 11.8. The van der Waals surface area contributed by atoms with Gasteiger partial charge in [0.05, 0.1) is 12.4 Å². The molecule has 1 rings (SSSR count). The normalized spacial score (nSPS) is 11.0. The summed E-state index contributed by atoms with van der Waals surface area (Å²) >= 11 is 4.80. The van der Waals surface area contributed by atoms with Crippen molar-refractivity contribution in [3.05, 3.63) is 35.4 Å². The number of carbonyl (C=O) groups is 1. The lowest BCUT2D eigenvalue weighted by molar-refractivity contribution is -0.139. The predicted octanol–water partition coefficient (Wildman–Crippen LogP) is 0.799. The number of hydrogen-bond acceptors (Lipinski definition) is 5. The molecule has 1 aromatic rings. The molecule has 0 unspecified atom stereocenters. The number of nitrogens with two attached hydrogens (primary N) is 1. The fraction of sp³-hybridized carbons (Fsp3) is 0.333. The minimum absolute atomic E-state index is 0.164. The monoisotopic (exact) mass is 301 g/mol. The number of rotatable bonds is 6. The van der Waals surface area contributed by atoms with Crippen LogP contribution in [0.5, 0.6) is 0 Å². The number of esters is 1. The average molecular weight is 301 g/mol. The van der Waals surface area contributed by atoms with Crippen molar-refractivity contribution in [1.82, 2.24) is 0 Å². The van der Waals surface area contributed by atoms with Crippen LogP contribution in [0, 0.1) is 0 Å². The molecule has 5 nitrogen and oxygen atoms in total. The Morgan fingerprint density at radius 2 is 1.89 bits per heavy atom. The molecule has 0 aliphatic heterocycles. The van der Waals surface area contributed by atoms with Crippen LogP contribution in [0.3, 0.4) is 0 Å². The molecule has 0 amide bonds. The van der Waals surface area contributed by atoms with Crippen LogP contribution in [-0.2, 0) is 25.1 Å². The lowest BCUT2D eigenvalue weighted by atomic mass is 10.1. The third kappa shape index (κ3) is 5.35. The Morgan fingerprint density at radius 3 is 2.37 bits per heavy atom. The Bertz CT molecular complexity index is 564. The smallest absolute Gasteiger partial charge is 0.321 e. The molecule has 0 radical (unpaired) electrons. The molecule has 1 aromatic carbocycles. The highest BCUT2D eigenvalue weighted by Gasteiger charge is 2.18. The molecule has 19 heavy (non-hydrogen) atoms. The van der Waals surface area contributed by atoms with Crippen LogP contribution in [0.25, 0.3) is 0 Å². The minimum Gasteiger partial charge on any atom is -0.465 e. The van der Waals surface area contributed by atoms with E-state index < -0.39 is 21.6 Å². The van der Waals surface area contributed by atoms with E-state index in [0.717, 1.165) is 0 Å². The van der Waals surface area contributed by atoms with Crippen LogP contribution in [0.2, 0.25) is 0 Å². The van der Waals surface area contributed by atoms with Gasteiger partial charge in [-0.15, -0.1) is 0 Å². The standard InChI is InChI=1S/C12H15NO4S2/c1-2-17-11(14)8-19(15,16)7-9-3-5-10(6-4-9)12(13)18/h3-6H,2,7-8H2,1H3,(H2,13,18). The summed E-state index contributed by atoms with van der Waals surface area (Å²) in [7, 11) is -3.53. The van der Waals surface area contributed by atoms with E-state index in [2.05, 4.69) is 4.74 Å². The van der Waals surface area contributed by atoms with Crippen molar-refractivity contribution < 1.29 is 17.9 Å². The number of ether oxygens (including phenoxy) is 1. The van der Waals surface area contributed by atoms with Crippen LogP contribution in [0.15, 0.2) is 24.3 Å². The van der Waals surface area contributed by atoms with Crippen LogP contribution >= 0.6 is 12.2 Å². The first-order valence-corrected chi connectivity index (χ1v) is 7.82. The molecule has 0 atom stereocenters. The number of carbonyl (C=O) groups excluding carboxylic acids is 1. The predicted molar refractivity (Wildman–Crippen MR) is 76.5 cm³/mol. The fourth-order valence-corrected chi connectivity index (χ4v) is 2.83. The summed E-state index contributed by atoms with van der Waals surface area (Å²) in [4.78, 5) is 11.4. The quantitative estimate of drug-likeness (QED) is 0.618. The van der Waals surface area contributed by atoms with E-state index in [9.17, 15) is 13.2 Å². The van der Waals surface area contributed by atoms with Crippen LogP contribution < -0.4 is 5.73 Å². The molecule has 104 valence electrons. The molecule has 2 N–H and O–H groups in total. The summed E-state index contributed by atoms with van der Waals surface area (Å²) in [6, 6.07) is 6.55. The first-order chi connectivity index (χ1) is 8.84. The molecular weight excluding hydrogens is 286 g/mol. The average Bonchev–Trinajstić information content (AvgIpc) is 2.28. The van der Waals surface area contributed by atoms with Crippen molar-refractivity contribution in [2.24, 2.45) is 5.73 Å². The van der Waals surface area contributed by atoms with Gasteiger partial charge in [-0.2, -0.15) is 0 Å². The molecule has 0 aliphatic carbocycles. The van der Waals surface area contributed by atoms with Gasteiger partial charge in [0, 0.05) is 5.56 Å². The highest BCUT2D eigenvalue weighted by molar-refractivity contribution is 7.91. The highest BCUT2D eigenvalue weighted by Crippen LogP contribution is 2.09. The van der Waals surface area contributed by atoms with Crippen molar-refractivity contribution in [3.63, 3.8) is 0 Å². The summed E-state index contributed by atoms with van der Waals surface area (Å²) in [5, 5.41) is 0. The van der Waals surface area contributed by atoms with Gasteiger partial charge in [0.1, 0.15) is 10.7 Å².